The van der Waals surface area contributed by atoms with Gasteiger partial charge in [0.15, 0.2) is 11.5 Å². The van der Waals surface area contributed by atoms with Crippen LogP contribution in [-0.2, 0) is 16.0 Å². The molecular formula is C24H23NO5. The number of phenolic OH excluding ortho intramolecular Hbond substituents is 1. The van der Waals surface area contributed by atoms with Crippen LogP contribution in [-0.4, -0.2) is 35.2 Å². The summed E-state index contributed by atoms with van der Waals surface area (Å²) in [5.74, 6) is -2.17. The number of rotatable bonds is 8. The number of carbonyl (C=O) groups excluding carboxylic acids is 1. The number of amides is 1. The molecule has 1 amide bonds. The van der Waals surface area contributed by atoms with Gasteiger partial charge in [0.05, 0.1) is 13.0 Å². The van der Waals surface area contributed by atoms with E-state index in [-0.39, 0.29) is 17.9 Å². The van der Waals surface area contributed by atoms with Gasteiger partial charge < -0.3 is 20.3 Å². The van der Waals surface area contributed by atoms with Gasteiger partial charge >= 0.3 is 5.97 Å². The third kappa shape index (κ3) is 4.78. The van der Waals surface area contributed by atoms with E-state index in [4.69, 9.17) is 4.74 Å². The average molecular weight is 405 g/mol. The van der Waals surface area contributed by atoms with E-state index in [9.17, 15) is 19.8 Å². The second kappa shape index (κ2) is 9.60. The molecule has 1 atom stereocenters. The summed E-state index contributed by atoms with van der Waals surface area (Å²) in [5, 5.41) is 22.6. The lowest BCUT2D eigenvalue weighted by Crippen LogP contribution is -2.44. The van der Waals surface area contributed by atoms with Crippen molar-refractivity contribution in [2.75, 3.05) is 7.11 Å². The van der Waals surface area contributed by atoms with Crippen LogP contribution in [0.25, 0.3) is 0 Å². The lowest BCUT2D eigenvalue weighted by molar-refractivity contribution is -0.141. The normalized spacial score (nSPS) is 11.7. The van der Waals surface area contributed by atoms with Gasteiger partial charge in [-0.25, -0.2) is 4.79 Å². The molecule has 6 heteroatoms. The van der Waals surface area contributed by atoms with E-state index in [1.807, 2.05) is 60.7 Å². The van der Waals surface area contributed by atoms with Crippen molar-refractivity contribution in [1.82, 2.24) is 5.32 Å². The summed E-state index contributed by atoms with van der Waals surface area (Å²) in [6.07, 6.45) is -0.0829. The number of nitrogens with one attached hydrogen (secondary N) is 1. The molecule has 3 rings (SSSR count). The topological polar surface area (TPSA) is 95.9 Å². The molecule has 1 unspecified atom stereocenters. The highest BCUT2D eigenvalue weighted by atomic mass is 16.5. The molecule has 154 valence electrons. The van der Waals surface area contributed by atoms with Gasteiger partial charge in [-0.2, -0.15) is 0 Å². The Morgan fingerprint density at radius 3 is 1.97 bits per heavy atom. The van der Waals surface area contributed by atoms with E-state index < -0.39 is 23.8 Å². The molecular weight excluding hydrogens is 382 g/mol. The van der Waals surface area contributed by atoms with Gasteiger partial charge in [-0.15, -0.1) is 0 Å². The maximum absolute atomic E-state index is 13.2. The Balaban J connectivity index is 1.88. The Labute approximate surface area is 174 Å². The molecule has 0 aliphatic heterocycles. The van der Waals surface area contributed by atoms with Crippen LogP contribution in [0.2, 0.25) is 0 Å². The number of hydrogen-bond donors (Lipinski definition) is 3. The van der Waals surface area contributed by atoms with E-state index in [0.717, 1.165) is 11.1 Å². The van der Waals surface area contributed by atoms with Gasteiger partial charge in [0.25, 0.3) is 0 Å². The number of ether oxygens (including phenoxy) is 1. The Morgan fingerprint density at radius 1 is 0.900 bits per heavy atom. The first-order valence-electron chi connectivity index (χ1n) is 9.49. The number of aromatic hydroxyl groups is 1. The fraction of sp³-hybridized carbons (Fsp3) is 0.167. The van der Waals surface area contributed by atoms with Crippen molar-refractivity contribution in [2.45, 2.75) is 18.4 Å². The predicted octanol–water partition coefficient (Wildman–Crippen LogP) is 3.34. The van der Waals surface area contributed by atoms with Crippen LogP contribution in [0.4, 0.5) is 0 Å². The van der Waals surface area contributed by atoms with E-state index in [2.05, 4.69) is 5.32 Å². The van der Waals surface area contributed by atoms with E-state index in [1.165, 1.54) is 7.11 Å². The first kappa shape index (κ1) is 20.9. The summed E-state index contributed by atoms with van der Waals surface area (Å²) < 4.78 is 5.08. The van der Waals surface area contributed by atoms with Gasteiger partial charge in [0, 0.05) is 12.0 Å². The second-order valence-corrected chi connectivity index (χ2v) is 6.83. The van der Waals surface area contributed by atoms with Crippen LogP contribution in [0, 0.1) is 0 Å². The Hall–Kier alpha value is -3.80. The Kier molecular flexibility index (Phi) is 6.70. The lowest BCUT2D eigenvalue weighted by Gasteiger charge is -2.22. The highest BCUT2D eigenvalue weighted by molar-refractivity contribution is 5.90. The number of carboxylic acid groups (broad SMARTS) is 1. The summed E-state index contributed by atoms with van der Waals surface area (Å²) in [6.45, 7) is 0. The minimum Gasteiger partial charge on any atom is -0.504 e. The molecule has 0 spiro atoms. The molecule has 0 saturated heterocycles. The summed E-state index contributed by atoms with van der Waals surface area (Å²) in [5.41, 5.74) is 1.89. The maximum atomic E-state index is 13.2. The van der Waals surface area contributed by atoms with Gasteiger partial charge in [-0.1, -0.05) is 72.8 Å². The minimum absolute atomic E-state index is 0.0829. The van der Waals surface area contributed by atoms with Crippen LogP contribution < -0.4 is 10.1 Å². The van der Waals surface area contributed by atoms with Crippen molar-refractivity contribution < 1.29 is 24.5 Å². The molecule has 0 aliphatic carbocycles. The third-order valence-electron chi connectivity index (χ3n) is 4.87. The molecule has 0 saturated carbocycles. The number of benzene rings is 3. The molecule has 0 fully saturated rings. The van der Waals surface area contributed by atoms with Gasteiger partial charge in [-0.3, -0.25) is 4.79 Å². The van der Waals surface area contributed by atoms with Gasteiger partial charge in [0.1, 0.15) is 6.04 Å². The standard InChI is InChI=1S/C24H23NO5/c1-30-20-14-8-13-18(22(20)26)15-19(24(28)29)25-23(27)21(16-9-4-2-5-10-16)17-11-6-3-7-12-17/h2-14,19,21,26H,15H2,1H3,(H,25,27)(H,28,29). The van der Waals surface area contributed by atoms with Crippen molar-refractivity contribution in [2.24, 2.45) is 0 Å². The third-order valence-corrected chi connectivity index (χ3v) is 4.87. The second-order valence-electron chi connectivity index (χ2n) is 6.83. The summed E-state index contributed by atoms with van der Waals surface area (Å²) >= 11 is 0. The average Bonchev–Trinajstić information content (AvgIpc) is 2.76. The summed E-state index contributed by atoms with van der Waals surface area (Å²) in [4.78, 5) is 25.1. The van der Waals surface area contributed by atoms with Gasteiger partial charge in [-0.05, 0) is 17.2 Å². The SMILES string of the molecule is COc1cccc(CC(NC(=O)C(c2ccccc2)c2ccccc2)C(=O)O)c1O. The zero-order valence-electron chi connectivity index (χ0n) is 16.5. The Morgan fingerprint density at radius 2 is 1.47 bits per heavy atom. The molecule has 0 heterocycles. The predicted molar refractivity (Wildman–Crippen MR) is 113 cm³/mol. The molecule has 0 bridgehead atoms. The number of methoxy groups -OCH3 is 1. The van der Waals surface area contributed by atoms with E-state index in [0.29, 0.717) is 5.56 Å². The van der Waals surface area contributed by atoms with E-state index >= 15 is 0 Å². The number of phenols is 1. The molecule has 0 radical (unpaired) electrons. The number of hydrogen-bond acceptors (Lipinski definition) is 4. The summed E-state index contributed by atoms with van der Waals surface area (Å²) in [6, 6.07) is 22.0. The fourth-order valence-electron chi connectivity index (χ4n) is 3.36. The summed E-state index contributed by atoms with van der Waals surface area (Å²) in [7, 11) is 1.42. The van der Waals surface area contributed by atoms with E-state index in [1.54, 1.807) is 18.2 Å². The molecule has 3 aromatic carbocycles. The van der Waals surface area contributed by atoms with Crippen LogP contribution in [0.3, 0.4) is 0 Å². The van der Waals surface area contributed by atoms with Crippen molar-refractivity contribution >= 4 is 11.9 Å². The number of para-hydroxylation sites is 1. The fourth-order valence-corrected chi connectivity index (χ4v) is 3.36. The number of carboxylic acids is 1. The van der Waals surface area contributed by atoms with Crippen molar-refractivity contribution in [1.29, 1.82) is 0 Å². The first-order valence-corrected chi connectivity index (χ1v) is 9.49. The Bertz CT molecular complexity index is 965. The number of aliphatic carboxylic acids is 1. The van der Waals surface area contributed by atoms with Crippen molar-refractivity contribution in [3.05, 3.63) is 95.6 Å². The largest absolute Gasteiger partial charge is 0.504 e. The molecule has 3 N–H and O–H groups in total. The highest BCUT2D eigenvalue weighted by Crippen LogP contribution is 2.30. The minimum atomic E-state index is -1.22. The zero-order valence-corrected chi connectivity index (χ0v) is 16.5. The van der Waals surface area contributed by atoms with Crippen LogP contribution in [0.15, 0.2) is 78.9 Å². The zero-order chi connectivity index (χ0) is 21.5. The van der Waals surface area contributed by atoms with Crippen LogP contribution in [0.5, 0.6) is 11.5 Å². The molecule has 30 heavy (non-hydrogen) atoms. The molecule has 0 aliphatic rings. The van der Waals surface area contributed by atoms with Gasteiger partial charge in [0.2, 0.25) is 5.91 Å². The van der Waals surface area contributed by atoms with Crippen molar-refractivity contribution in [3.63, 3.8) is 0 Å². The maximum Gasteiger partial charge on any atom is 0.326 e. The van der Waals surface area contributed by atoms with Crippen molar-refractivity contribution in [3.8, 4) is 11.5 Å². The molecule has 0 aromatic heterocycles. The monoisotopic (exact) mass is 405 g/mol. The molecule has 6 nitrogen and oxygen atoms in total. The molecule has 3 aromatic rings. The van der Waals surface area contributed by atoms with Crippen LogP contribution >= 0.6 is 0 Å². The highest BCUT2D eigenvalue weighted by Gasteiger charge is 2.28. The smallest absolute Gasteiger partial charge is 0.326 e. The van der Waals surface area contributed by atoms with Crippen LogP contribution in [0.1, 0.15) is 22.6 Å². The lowest BCUT2D eigenvalue weighted by atomic mass is 9.90. The quantitative estimate of drug-likeness (QED) is 0.534. The first-order chi connectivity index (χ1) is 14.5. The number of carbonyl (C=O) groups is 2.